The van der Waals surface area contributed by atoms with Gasteiger partial charge in [0.25, 0.3) is 11.6 Å². The van der Waals surface area contributed by atoms with Crippen LogP contribution >= 0.6 is 24.0 Å². The summed E-state index contributed by atoms with van der Waals surface area (Å²) < 4.78 is 11.3. The highest BCUT2D eigenvalue weighted by molar-refractivity contribution is 8.26. The van der Waals surface area contributed by atoms with Crippen LogP contribution in [-0.4, -0.2) is 49.2 Å². The maximum absolute atomic E-state index is 12.5. The minimum absolute atomic E-state index is 0.106. The van der Waals surface area contributed by atoms with E-state index in [1.807, 2.05) is 0 Å². The van der Waals surface area contributed by atoms with Gasteiger partial charge in [-0.3, -0.25) is 34.7 Å². The van der Waals surface area contributed by atoms with E-state index in [1.165, 1.54) is 18.2 Å². The number of nitrogens with zero attached hydrogens (tertiary/aromatic N) is 3. The third kappa shape index (κ3) is 5.47. The molecule has 0 atom stereocenters. The molecule has 1 N–H and O–H groups in total. The van der Waals surface area contributed by atoms with Crippen molar-refractivity contribution in [2.45, 2.75) is 6.92 Å². The van der Waals surface area contributed by atoms with E-state index in [0.29, 0.717) is 5.56 Å². The van der Waals surface area contributed by atoms with Crippen LogP contribution in [0.5, 0.6) is 17.2 Å². The number of non-ortho nitro benzene ring substituents is 1. The van der Waals surface area contributed by atoms with Crippen LogP contribution in [0.3, 0.4) is 0 Å². The molecule has 34 heavy (non-hydrogen) atoms. The molecule has 1 fully saturated rings. The van der Waals surface area contributed by atoms with Crippen LogP contribution in [-0.2, 0) is 9.59 Å². The van der Waals surface area contributed by atoms with Crippen LogP contribution in [0, 0.1) is 20.2 Å². The molecule has 14 heteroatoms. The van der Waals surface area contributed by atoms with Gasteiger partial charge in [-0.15, -0.1) is 0 Å². The van der Waals surface area contributed by atoms with E-state index in [9.17, 15) is 29.8 Å². The number of thioether (sulfide) groups is 1. The lowest BCUT2D eigenvalue weighted by atomic mass is 10.1. The van der Waals surface area contributed by atoms with Gasteiger partial charge in [-0.2, -0.15) is 0 Å². The van der Waals surface area contributed by atoms with Gasteiger partial charge >= 0.3 is 11.7 Å². The Balaban J connectivity index is 1.93. The Labute approximate surface area is 201 Å². The number of rotatable bonds is 9. The molecule has 2 aromatic rings. The molecule has 0 bridgehead atoms. The topological polar surface area (TPSA) is 162 Å². The molecule has 0 radical (unpaired) electrons. The fraction of sp³-hybridized carbons (Fsp3) is 0.150. The zero-order valence-corrected chi connectivity index (χ0v) is 19.0. The number of aliphatic carboxylic acids is 1. The second-order valence-corrected chi connectivity index (χ2v) is 8.24. The summed E-state index contributed by atoms with van der Waals surface area (Å²) in [6, 6.07) is 7.53. The van der Waals surface area contributed by atoms with Gasteiger partial charge in [-0.25, -0.2) is 0 Å². The predicted octanol–water partition coefficient (Wildman–Crippen LogP) is 3.98. The van der Waals surface area contributed by atoms with Crippen molar-refractivity contribution in [2.24, 2.45) is 0 Å². The normalized spacial score (nSPS) is 14.4. The summed E-state index contributed by atoms with van der Waals surface area (Å²) in [6.45, 7) is 1.39. The first-order valence-electron chi connectivity index (χ1n) is 9.45. The lowest BCUT2D eigenvalue weighted by Gasteiger charge is -2.13. The molecule has 0 unspecified atom stereocenters. The number of carboxylic acids is 1. The molecule has 1 saturated heterocycles. The Morgan fingerprint density at radius 2 is 1.85 bits per heavy atom. The van der Waals surface area contributed by atoms with Gasteiger partial charge in [0.2, 0.25) is 5.75 Å². The molecule has 1 aliphatic heterocycles. The van der Waals surface area contributed by atoms with Crippen molar-refractivity contribution in [3.8, 4) is 17.2 Å². The predicted molar refractivity (Wildman–Crippen MR) is 125 cm³/mol. The largest absolute Gasteiger partial charge is 0.490 e. The van der Waals surface area contributed by atoms with Crippen LogP contribution < -0.4 is 9.47 Å². The van der Waals surface area contributed by atoms with Gasteiger partial charge in [-0.05, 0) is 36.8 Å². The average molecular weight is 505 g/mol. The van der Waals surface area contributed by atoms with Crippen LogP contribution in [0.25, 0.3) is 6.08 Å². The molecule has 12 nitrogen and oxygen atoms in total. The summed E-state index contributed by atoms with van der Waals surface area (Å²) in [6.07, 6.45) is 1.50. The Bertz CT molecular complexity index is 1250. The SMILES string of the molecule is CCOc1cc(/C=C2/SC(=S)N(CC(=O)O)C2=O)ccc1Oc1ccc([N+](=O)[O-])cc1[N+](=O)[O-]. The summed E-state index contributed by atoms with van der Waals surface area (Å²) in [5.41, 5.74) is -0.549. The van der Waals surface area contributed by atoms with Crippen molar-refractivity contribution in [1.82, 2.24) is 4.90 Å². The molecule has 0 saturated carbocycles. The van der Waals surface area contributed by atoms with E-state index in [-0.39, 0.29) is 33.1 Å². The molecular weight excluding hydrogens is 490 g/mol. The molecule has 176 valence electrons. The maximum atomic E-state index is 12.5. The summed E-state index contributed by atoms with van der Waals surface area (Å²) in [5, 5.41) is 31.2. The van der Waals surface area contributed by atoms with Crippen molar-refractivity contribution < 1.29 is 34.0 Å². The highest BCUT2D eigenvalue weighted by Gasteiger charge is 2.33. The van der Waals surface area contributed by atoms with Gasteiger partial charge in [0.05, 0.1) is 27.4 Å². The van der Waals surface area contributed by atoms with Crippen molar-refractivity contribution in [3.05, 3.63) is 67.1 Å². The standard InChI is InChI=1S/C20H15N3O9S2/c1-2-31-16-7-11(8-17-19(26)21(10-18(24)25)20(33)34-17)3-5-15(16)32-14-6-4-12(22(27)28)9-13(14)23(29)30/h3-9H,2,10H2,1H3,(H,24,25)/b17-8+. The second kappa shape index (κ2) is 10.3. The van der Waals surface area contributed by atoms with Gasteiger partial charge in [0.1, 0.15) is 10.9 Å². The van der Waals surface area contributed by atoms with E-state index >= 15 is 0 Å². The lowest BCUT2D eigenvalue weighted by molar-refractivity contribution is -0.394. The fourth-order valence-electron chi connectivity index (χ4n) is 2.86. The number of nitro groups is 2. The van der Waals surface area contributed by atoms with Gasteiger partial charge in [0.15, 0.2) is 11.5 Å². The number of carboxylic acid groups (broad SMARTS) is 1. The molecular formula is C20H15N3O9S2. The molecule has 1 aliphatic rings. The number of carbonyl (C=O) groups is 2. The van der Waals surface area contributed by atoms with E-state index < -0.39 is 39.6 Å². The highest BCUT2D eigenvalue weighted by atomic mass is 32.2. The third-order valence-corrected chi connectivity index (χ3v) is 5.68. The van der Waals surface area contributed by atoms with Crippen molar-refractivity contribution in [2.75, 3.05) is 13.2 Å². The number of hydrogen-bond acceptors (Lipinski definition) is 10. The summed E-state index contributed by atoms with van der Waals surface area (Å²) in [4.78, 5) is 45.4. The maximum Gasteiger partial charge on any atom is 0.323 e. The first-order valence-corrected chi connectivity index (χ1v) is 10.7. The Hall–Kier alpha value is -4.04. The van der Waals surface area contributed by atoms with Crippen LogP contribution in [0.4, 0.5) is 11.4 Å². The van der Waals surface area contributed by atoms with Crippen LogP contribution in [0.2, 0.25) is 0 Å². The minimum Gasteiger partial charge on any atom is -0.490 e. The lowest BCUT2D eigenvalue weighted by Crippen LogP contribution is -2.33. The van der Waals surface area contributed by atoms with E-state index in [0.717, 1.165) is 34.9 Å². The number of nitro benzene ring substituents is 2. The van der Waals surface area contributed by atoms with Crippen LogP contribution in [0.1, 0.15) is 12.5 Å². The van der Waals surface area contributed by atoms with Gasteiger partial charge in [-0.1, -0.05) is 30.0 Å². The number of thiocarbonyl (C=S) groups is 1. The van der Waals surface area contributed by atoms with Crippen molar-refractivity contribution in [1.29, 1.82) is 0 Å². The quantitative estimate of drug-likeness (QED) is 0.227. The Kier molecular flexibility index (Phi) is 7.43. The smallest absolute Gasteiger partial charge is 0.323 e. The molecule has 0 aliphatic carbocycles. The number of ether oxygens (including phenoxy) is 2. The average Bonchev–Trinajstić information content (AvgIpc) is 3.02. The zero-order chi connectivity index (χ0) is 25.0. The molecule has 0 aromatic heterocycles. The summed E-state index contributed by atoms with van der Waals surface area (Å²) in [5.74, 6) is -1.66. The zero-order valence-electron chi connectivity index (χ0n) is 17.3. The molecule has 3 rings (SSSR count). The Morgan fingerprint density at radius 1 is 1.15 bits per heavy atom. The second-order valence-electron chi connectivity index (χ2n) is 6.57. The molecule has 1 heterocycles. The molecule has 2 aromatic carbocycles. The Morgan fingerprint density at radius 3 is 2.47 bits per heavy atom. The first-order chi connectivity index (χ1) is 16.1. The minimum atomic E-state index is -1.20. The van der Waals surface area contributed by atoms with Crippen molar-refractivity contribution >= 4 is 57.6 Å². The van der Waals surface area contributed by atoms with E-state index in [4.69, 9.17) is 26.8 Å². The third-order valence-electron chi connectivity index (χ3n) is 4.30. The van der Waals surface area contributed by atoms with Gasteiger partial charge < -0.3 is 14.6 Å². The number of carbonyl (C=O) groups excluding carboxylic acids is 1. The summed E-state index contributed by atoms with van der Waals surface area (Å²) >= 11 is 6.03. The van der Waals surface area contributed by atoms with Crippen molar-refractivity contribution in [3.63, 3.8) is 0 Å². The van der Waals surface area contributed by atoms with E-state index in [1.54, 1.807) is 13.0 Å². The molecule has 0 spiro atoms. The van der Waals surface area contributed by atoms with Crippen LogP contribution in [0.15, 0.2) is 41.3 Å². The fourth-order valence-corrected chi connectivity index (χ4v) is 4.11. The monoisotopic (exact) mass is 505 g/mol. The number of hydrogen-bond donors (Lipinski definition) is 1. The highest BCUT2D eigenvalue weighted by Crippen LogP contribution is 2.39. The number of amides is 1. The first kappa shape index (κ1) is 24.6. The number of benzene rings is 2. The molecule has 1 amide bonds. The van der Waals surface area contributed by atoms with Gasteiger partial charge in [0, 0.05) is 6.07 Å². The summed E-state index contributed by atoms with van der Waals surface area (Å²) in [7, 11) is 0. The van der Waals surface area contributed by atoms with E-state index in [2.05, 4.69) is 0 Å².